The Morgan fingerprint density at radius 1 is 1.53 bits per heavy atom. The number of nitrogens with zero attached hydrogens (tertiary/aromatic N) is 3. The third-order valence-corrected chi connectivity index (χ3v) is 4.48. The molecule has 0 aliphatic rings. The molecule has 17 heavy (non-hydrogen) atoms. The van der Waals surface area contributed by atoms with Crippen molar-refractivity contribution in [1.29, 1.82) is 0 Å². The fourth-order valence-corrected chi connectivity index (χ4v) is 2.54. The van der Waals surface area contributed by atoms with Crippen LogP contribution in [0, 0.1) is 3.57 Å². The molecule has 90 valence electrons. The monoisotopic (exact) mass is 427 g/mol. The van der Waals surface area contributed by atoms with Gasteiger partial charge in [0, 0.05) is 10.6 Å². The number of aryl methyl sites for hydroxylation is 1. The normalized spacial score (nSPS) is 12.8. The van der Waals surface area contributed by atoms with Crippen molar-refractivity contribution in [1.82, 2.24) is 15.0 Å². The van der Waals surface area contributed by atoms with E-state index < -0.39 is 6.10 Å². The summed E-state index contributed by atoms with van der Waals surface area (Å²) in [5.41, 5.74) is 1.31. The standard InChI is InChI=1S/C10H8BrClIN3O/c1-16-8(10(11)14-15-16)9(17)5-2-3-7(13)6(12)4-5/h2-4,9,17H,1H3. The highest BCUT2D eigenvalue weighted by molar-refractivity contribution is 14.1. The van der Waals surface area contributed by atoms with Gasteiger partial charge in [0.1, 0.15) is 11.8 Å². The fourth-order valence-electron chi connectivity index (χ4n) is 1.47. The first-order valence-electron chi connectivity index (χ1n) is 4.68. The lowest BCUT2D eigenvalue weighted by Crippen LogP contribution is -2.07. The molecule has 0 radical (unpaired) electrons. The van der Waals surface area contributed by atoms with Crippen molar-refractivity contribution >= 4 is 50.1 Å². The van der Waals surface area contributed by atoms with Crippen LogP contribution in [0.2, 0.25) is 5.02 Å². The number of hydrogen-bond donors (Lipinski definition) is 1. The van der Waals surface area contributed by atoms with Crippen LogP contribution >= 0.6 is 50.1 Å². The van der Waals surface area contributed by atoms with Gasteiger partial charge in [-0.3, -0.25) is 0 Å². The van der Waals surface area contributed by atoms with Gasteiger partial charge in [0.25, 0.3) is 0 Å². The molecular formula is C10H8BrClIN3O. The van der Waals surface area contributed by atoms with Crippen LogP contribution in [0.15, 0.2) is 22.8 Å². The van der Waals surface area contributed by atoms with Crippen molar-refractivity contribution in [2.24, 2.45) is 7.05 Å². The van der Waals surface area contributed by atoms with Gasteiger partial charge in [0.2, 0.25) is 0 Å². The summed E-state index contributed by atoms with van der Waals surface area (Å²) in [7, 11) is 1.73. The van der Waals surface area contributed by atoms with E-state index in [1.54, 1.807) is 13.1 Å². The van der Waals surface area contributed by atoms with Crippen molar-refractivity contribution in [3.8, 4) is 0 Å². The molecule has 0 amide bonds. The lowest BCUT2D eigenvalue weighted by Gasteiger charge is -2.12. The molecule has 0 bridgehead atoms. The molecule has 7 heteroatoms. The van der Waals surface area contributed by atoms with Gasteiger partial charge < -0.3 is 5.11 Å². The summed E-state index contributed by atoms with van der Waals surface area (Å²) in [6, 6.07) is 5.43. The molecule has 0 fully saturated rings. The van der Waals surface area contributed by atoms with E-state index in [0.29, 0.717) is 20.9 Å². The Balaban J connectivity index is 2.43. The quantitative estimate of drug-likeness (QED) is 0.749. The van der Waals surface area contributed by atoms with E-state index in [1.807, 2.05) is 12.1 Å². The summed E-state index contributed by atoms with van der Waals surface area (Å²) >= 11 is 11.4. The maximum atomic E-state index is 10.3. The van der Waals surface area contributed by atoms with Crippen molar-refractivity contribution in [2.45, 2.75) is 6.10 Å². The number of rotatable bonds is 2. The highest BCUT2D eigenvalue weighted by Gasteiger charge is 2.19. The van der Waals surface area contributed by atoms with Crippen LogP contribution in [0.3, 0.4) is 0 Å². The minimum Gasteiger partial charge on any atom is -0.382 e. The zero-order chi connectivity index (χ0) is 12.6. The number of aliphatic hydroxyl groups excluding tert-OH is 1. The lowest BCUT2D eigenvalue weighted by molar-refractivity contribution is 0.209. The molecule has 1 aromatic heterocycles. The molecule has 2 rings (SSSR count). The zero-order valence-corrected chi connectivity index (χ0v) is 13.2. The second-order valence-corrected chi connectivity index (χ2v) is 5.79. The smallest absolute Gasteiger partial charge is 0.154 e. The van der Waals surface area contributed by atoms with Crippen LogP contribution in [-0.2, 0) is 7.05 Å². The number of aromatic nitrogens is 3. The summed E-state index contributed by atoms with van der Waals surface area (Å²) in [6.45, 7) is 0. The predicted molar refractivity (Wildman–Crippen MR) is 76.9 cm³/mol. The molecular weight excluding hydrogens is 420 g/mol. The summed E-state index contributed by atoms with van der Waals surface area (Å²) in [4.78, 5) is 0. The molecule has 0 saturated heterocycles. The number of benzene rings is 1. The Morgan fingerprint density at radius 3 is 2.76 bits per heavy atom. The maximum absolute atomic E-state index is 10.3. The predicted octanol–water partition coefficient (Wildman–Crippen LogP) is 2.92. The summed E-state index contributed by atoms with van der Waals surface area (Å²) in [5, 5.41) is 18.6. The Morgan fingerprint density at radius 2 is 2.24 bits per heavy atom. The molecule has 1 unspecified atom stereocenters. The van der Waals surface area contributed by atoms with Gasteiger partial charge in [-0.15, -0.1) is 5.10 Å². The first-order valence-corrected chi connectivity index (χ1v) is 6.93. The van der Waals surface area contributed by atoms with Crippen LogP contribution in [0.4, 0.5) is 0 Å². The topological polar surface area (TPSA) is 50.9 Å². The highest BCUT2D eigenvalue weighted by Crippen LogP contribution is 2.29. The van der Waals surface area contributed by atoms with E-state index in [0.717, 1.165) is 3.57 Å². The molecule has 0 aliphatic carbocycles. The van der Waals surface area contributed by atoms with Gasteiger partial charge >= 0.3 is 0 Å². The van der Waals surface area contributed by atoms with E-state index >= 15 is 0 Å². The van der Waals surface area contributed by atoms with Crippen molar-refractivity contribution < 1.29 is 5.11 Å². The van der Waals surface area contributed by atoms with Crippen LogP contribution in [0.1, 0.15) is 17.4 Å². The molecule has 0 aliphatic heterocycles. The van der Waals surface area contributed by atoms with Crippen molar-refractivity contribution in [3.63, 3.8) is 0 Å². The second kappa shape index (κ2) is 5.21. The Labute approximate surface area is 125 Å². The summed E-state index contributed by atoms with van der Waals surface area (Å²) in [5.74, 6) is 0. The first kappa shape index (κ1) is 13.3. The molecule has 1 N–H and O–H groups in total. The maximum Gasteiger partial charge on any atom is 0.154 e. The Bertz CT molecular complexity index is 541. The van der Waals surface area contributed by atoms with Crippen molar-refractivity contribution in [2.75, 3.05) is 0 Å². The molecule has 1 heterocycles. The average Bonchev–Trinajstić information content (AvgIpc) is 2.62. The van der Waals surface area contributed by atoms with Gasteiger partial charge in [-0.2, -0.15) is 0 Å². The summed E-state index contributed by atoms with van der Waals surface area (Å²) < 4.78 is 3.00. The van der Waals surface area contributed by atoms with E-state index in [2.05, 4.69) is 48.8 Å². The van der Waals surface area contributed by atoms with Gasteiger partial charge in [0.05, 0.1) is 5.02 Å². The molecule has 4 nitrogen and oxygen atoms in total. The van der Waals surface area contributed by atoms with Gasteiger partial charge in [-0.25, -0.2) is 4.68 Å². The first-order chi connectivity index (χ1) is 8.00. The molecule has 1 aromatic carbocycles. The largest absolute Gasteiger partial charge is 0.382 e. The second-order valence-electron chi connectivity index (χ2n) is 3.47. The van der Waals surface area contributed by atoms with Crippen LogP contribution in [-0.4, -0.2) is 20.1 Å². The number of hydrogen-bond acceptors (Lipinski definition) is 3. The van der Waals surface area contributed by atoms with Crippen LogP contribution in [0.5, 0.6) is 0 Å². The van der Waals surface area contributed by atoms with E-state index in [-0.39, 0.29) is 0 Å². The number of aliphatic hydroxyl groups is 1. The third-order valence-electron chi connectivity index (χ3n) is 2.35. The van der Waals surface area contributed by atoms with Crippen LogP contribution < -0.4 is 0 Å². The minimum atomic E-state index is -0.807. The lowest BCUT2D eigenvalue weighted by atomic mass is 10.1. The SMILES string of the molecule is Cn1nnc(Br)c1C(O)c1ccc(I)c(Cl)c1. The van der Waals surface area contributed by atoms with Gasteiger partial charge in [-0.05, 0) is 56.2 Å². The molecule has 0 spiro atoms. The molecule has 1 atom stereocenters. The highest BCUT2D eigenvalue weighted by atomic mass is 127. The minimum absolute atomic E-state index is 0.530. The third kappa shape index (κ3) is 2.64. The fraction of sp³-hybridized carbons (Fsp3) is 0.200. The van der Waals surface area contributed by atoms with Gasteiger partial charge in [-0.1, -0.05) is 22.9 Å². The Hall–Kier alpha value is -0.180. The van der Waals surface area contributed by atoms with Crippen molar-refractivity contribution in [3.05, 3.63) is 42.7 Å². The van der Waals surface area contributed by atoms with E-state index in [1.165, 1.54) is 4.68 Å². The Kier molecular flexibility index (Phi) is 4.06. The van der Waals surface area contributed by atoms with E-state index in [4.69, 9.17) is 11.6 Å². The zero-order valence-electron chi connectivity index (χ0n) is 8.73. The number of halogens is 3. The molecule has 0 saturated carbocycles. The average molecular weight is 428 g/mol. The van der Waals surface area contributed by atoms with Gasteiger partial charge in [0.15, 0.2) is 4.60 Å². The van der Waals surface area contributed by atoms with E-state index in [9.17, 15) is 5.11 Å². The molecule has 2 aromatic rings. The van der Waals surface area contributed by atoms with Crippen LogP contribution in [0.25, 0.3) is 0 Å². The summed E-state index contributed by atoms with van der Waals surface area (Å²) in [6.07, 6.45) is -0.807.